The molecule has 13 atom stereocenters. The standard InChI is InChI=1S/C84H114N12O18S3.CH5N/c1-48(2)25-68-73(103)36-61(51(5)99)44-115-41-54-27-55-29-56(28-54)43-117-46-63(81(112)91-49(3)14-17-57(32-64-39-88-47-90-64)78(109)93-67(20-21-76(85)106)71(101)33-59(38-77(107)108)80(111)94-68)37-72(102)66(13-9-10-23-89-84(86)87)92-79(110)58(30-53-15-18-65(100)19-16-53)34-75(105)70-22-24-96(70)83(114)60(31-52-11-7-6-8-12-52)35-74(104)69(40-97)95-82(113)62(26-50(4)98)45-116-42-55;1-2/h6-8,11-12,15-16,18-19,27-29,39,47-49,57-63,66-70,97,100H,9-10,13-14,17,20-26,30-38,40-46H2,1-5H3,(H2,85,106)(H,88,90)(H,91,112)(H,92,110)(H,93,109)(H,94,111)(H,95,113)(H,107,108)(H4,86,87,89);2H2,1H3. The number of aliphatic hydroxyl groups is 1. The summed E-state index contributed by atoms with van der Waals surface area (Å²) in [5.41, 5.74) is 25.4. The number of benzene rings is 3. The number of amides is 7. The molecule has 1 aromatic heterocycles. The molecule has 1 fully saturated rings. The predicted octanol–water partition coefficient (Wildman–Crippen LogP) is 4.87. The Balaban J connectivity index is 0.0000109. The lowest BCUT2D eigenvalue weighted by Gasteiger charge is -2.42. The van der Waals surface area contributed by atoms with Crippen molar-refractivity contribution in [3.63, 3.8) is 0 Å². The van der Waals surface area contributed by atoms with E-state index in [-0.39, 0.29) is 154 Å². The Bertz CT molecular complexity index is 4150. The number of aliphatic hydroxyl groups excluding tert-OH is 1. The number of thioether (sulfide) groups is 3. The highest BCUT2D eigenvalue weighted by Gasteiger charge is 2.44. The van der Waals surface area contributed by atoms with Crippen LogP contribution in [0.2, 0.25) is 0 Å². The first-order chi connectivity index (χ1) is 56.7. The average Bonchev–Trinajstić information content (AvgIpc) is 1.16. The molecule has 13 unspecified atom stereocenters. The minimum absolute atomic E-state index is 0.00392. The van der Waals surface area contributed by atoms with Crippen molar-refractivity contribution in [1.29, 1.82) is 0 Å². The maximum atomic E-state index is 15.5. The molecule has 34 heteroatoms. The Kier molecular flexibility index (Phi) is 41.6. The first-order valence-electron chi connectivity index (χ1n) is 40.6. The number of phenolic OH excluding ortho intramolecular Hbond substituents is 1. The van der Waals surface area contributed by atoms with Crippen molar-refractivity contribution >= 4 is 129 Å². The Morgan fingerprint density at radius 2 is 1.13 bits per heavy atom. The number of aliphatic imine (C=N–C) groups is 1. The van der Waals surface area contributed by atoms with Gasteiger partial charge in [-0.25, -0.2) is 4.98 Å². The molecule has 31 nitrogen and oxygen atoms in total. The van der Waals surface area contributed by atoms with Gasteiger partial charge >= 0.3 is 5.97 Å². The quantitative estimate of drug-likeness (QED) is 0.0283. The predicted molar refractivity (Wildman–Crippen MR) is 454 cm³/mol. The second kappa shape index (κ2) is 50.4. The van der Waals surface area contributed by atoms with Gasteiger partial charge < -0.3 is 79.5 Å². The van der Waals surface area contributed by atoms with Crippen LogP contribution in [0.25, 0.3) is 0 Å². The first kappa shape index (κ1) is 98.2. The number of guanidine groups is 1. The molecule has 0 spiro atoms. The second-order valence-corrected chi connectivity index (χ2v) is 34.7. The van der Waals surface area contributed by atoms with Crippen molar-refractivity contribution in [3.8, 4) is 5.75 Å². The molecule has 3 aliphatic heterocycles. The highest BCUT2D eigenvalue weighted by molar-refractivity contribution is 7.99. The van der Waals surface area contributed by atoms with Gasteiger partial charge in [0.25, 0.3) is 0 Å². The summed E-state index contributed by atoms with van der Waals surface area (Å²) in [6.07, 6.45) is -0.349. The number of carbonyl (C=O) groups excluding carboxylic acids is 14. The number of nitrogens with one attached hydrogen (secondary N) is 6. The van der Waals surface area contributed by atoms with Gasteiger partial charge in [-0.3, -0.25) is 72.1 Å². The zero-order chi connectivity index (χ0) is 87.4. The number of unbranched alkanes of at least 4 members (excludes halogenated alkanes) is 1. The largest absolute Gasteiger partial charge is 0.508 e. The molecule has 1 saturated heterocycles. The highest BCUT2D eigenvalue weighted by Crippen LogP contribution is 2.32. The number of fused-ring (bicyclic) bond motifs is 6. The molecule has 4 bridgehead atoms. The number of primary amides is 1. The van der Waals surface area contributed by atoms with Crippen molar-refractivity contribution in [3.05, 3.63) is 119 Å². The third-order valence-electron chi connectivity index (χ3n) is 21.2. The van der Waals surface area contributed by atoms with Crippen molar-refractivity contribution in [2.75, 3.05) is 44.0 Å². The van der Waals surface area contributed by atoms with Crippen LogP contribution in [0, 0.1) is 47.3 Å². The summed E-state index contributed by atoms with van der Waals surface area (Å²) in [7, 11) is 1.50. The SMILES string of the molecule is CC(=O)CC1CSCc2cc3cc(c2)CSCC(CC(=O)C(CCCCN=C(N)N)NC(=O)C(Cc2ccc(O)cc2)CC(=O)C2CCN2C(=O)C(Cc2ccccc2)CC(=O)C(CO)NC1=O)C(=O)NC(C)CCC(Cc1cnc[nH]1)C(=O)NC(CCC(N)=O)C(=O)CC(CC(=O)O)C(=O)NC(CC(C)C)C(=O)CC(C(C)=O)CSC3.CN. The van der Waals surface area contributed by atoms with Crippen molar-refractivity contribution in [1.82, 2.24) is 41.5 Å². The zero-order valence-corrected chi connectivity index (χ0v) is 71.3. The molecule has 0 radical (unpaired) electrons. The van der Waals surface area contributed by atoms with Gasteiger partial charge in [-0.05, 0) is 138 Å². The fourth-order valence-electron chi connectivity index (χ4n) is 14.7. The lowest BCUT2D eigenvalue weighted by Crippen LogP contribution is -2.58. The molecule has 3 aliphatic rings. The maximum absolute atomic E-state index is 15.5. The van der Waals surface area contributed by atoms with Crippen LogP contribution in [-0.2, 0) is 108 Å². The van der Waals surface area contributed by atoms with Crippen molar-refractivity contribution in [2.24, 2.45) is 75.3 Å². The van der Waals surface area contributed by atoms with Crippen LogP contribution in [0.15, 0.2) is 90.3 Å². The average molecular weight is 1710 g/mol. The molecule has 0 saturated carbocycles. The third-order valence-corrected chi connectivity index (χ3v) is 24.7. The van der Waals surface area contributed by atoms with Crippen LogP contribution in [0.4, 0.5) is 0 Å². The van der Waals surface area contributed by atoms with Gasteiger partial charge in [-0.2, -0.15) is 35.3 Å². The summed E-state index contributed by atoms with van der Waals surface area (Å²) in [6.45, 7) is 7.41. The van der Waals surface area contributed by atoms with Crippen LogP contribution in [0.1, 0.15) is 171 Å². The minimum Gasteiger partial charge on any atom is -0.508 e. The zero-order valence-electron chi connectivity index (χ0n) is 68.8. The van der Waals surface area contributed by atoms with E-state index in [0.29, 0.717) is 23.2 Å². The van der Waals surface area contributed by atoms with Gasteiger partial charge in [0.05, 0.1) is 61.3 Å². The fourth-order valence-corrected chi connectivity index (χ4v) is 18.0. The maximum Gasteiger partial charge on any atom is 0.304 e. The number of aromatic nitrogens is 2. The van der Waals surface area contributed by atoms with Crippen LogP contribution < -0.4 is 49.5 Å². The van der Waals surface area contributed by atoms with E-state index in [4.69, 9.17) is 17.2 Å². The molecular formula is C85H119N13O18S3. The van der Waals surface area contributed by atoms with Crippen LogP contribution in [0.3, 0.4) is 0 Å². The van der Waals surface area contributed by atoms with E-state index in [9.17, 15) is 68.1 Å². The van der Waals surface area contributed by atoms with E-state index in [1.807, 2.05) is 18.2 Å². The van der Waals surface area contributed by atoms with Gasteiger partial charge in [0.1, 0.15) is 23.4 Å². The number of carbonyl (C=O) groups is 15. The lowest BCUT2D eigenvalue weighted by molar-refractivity contribution is -0.151. The molecule has 4 aromatic rings. The summed E-state index contributed by atoms with van der Waals surface area (Å²) in [5.74, 6) is -17.6. The number of hydrogen-bond acceptors (Lipinski definition) is 23. The molecule has 0 aliphatic carbocycles. The smallest absolute Gasteiger partial charge is 0.304 e. The van der Waals surface area contributed by atoms with E-state index in [1.54, 1.807) is 63.2 Å². The Morgan fingerprint density at radius 1 is 0.580 bits per heavy atom. The van der Waals surface area contributed by atoms with Crippen LogP contribution in [-0.4, -0.2) is 204 Å². The summed E-state index contributed by atoms with van der Waals surface area (Å²) >= 11 is 3.98. The summed E-state index contributed by atoms with van der Waals surface area (Å²) in [5, 5.41) is 45.5. The number of hydrogen-bond donors (Lipinski definition) is 13. The third kappa shape index (κ3) is 33.8. The van der Waals surface area contributed by atoms with E-state index in [1.165, 1.54) is 85.7 Å². The van der Waals surface area contributed by atoms with Gasteiger partial charge in [0.15, 0.2) is 34.9 Å². The van der Waals surface area contributed by atoms with Gasteiger partial charge in [-0.15, -0.1) is 0 Å². The molecular weight excluding hydrogens is 1590 g/mol. The molecule has 17 N–H and O–H groups in total. The van der Waals surface area contributed by atoms with E-state index in [0.717, 1.165) is 16.7 Å². The summed E-state index contributed by atoms with van der Waals surface area (Å²) < 4.78 is 0. The van der Waals surface area contributed by atoms with Gasteiger partial charge in [0, 0.05) is 141 Å². The van der Waals surface area contributed by atoms with E-state index in [2.05, 4.69) is 47.3 Å². The number of carboxylic acid groups (broad SMARTS) is 1. The number of H-pyrrole nitrogens is 1. The molecule has 4 heterocycles. The fraction of sp³-hybridized carbons (Fsp3) is 0.565. The molecule has 7 rings (SSSR count). The minimum atomic E-state index is -1.58. The number of ketones is 7. The number of rotatable bonds is 22. The molecule has 119 heavy (non-hydrogen) atoms. The summed E-state index contributed by atoms with van der Waals surface area (Å²) in [6, 6.07) is 13.4. The number of aromatic amines is 1. The number of imidazole rings is 1. The monoisotopic (exact) mass is 1710 g/mol. The van der Waals surface area contributed by atoms with E-state index >= 15 is 19.2 Å². The van der Waals surface area contributed by atoms with E-state index < -0.39 is 199 Å². The second-order valence-electron chi connectivity index (χ2n) is 31.6. The Morgan fingerprint density at radius 3 is 1.71 bits per heavy atom. The normalized spacial score (nSPS) is 24.8. The van der Waals surface area contributed by atoms with Gasteiger partial charge in [-0.1, -0.05) is 74.5 Å². The number of Topliss-reactive ketones (excluding diaryl/α,β-unsaturated/α-hetero) is 7. The van der Waals surface area contributed by atoms with Gasteiger partial charge in [0.2, 0.25) is 41.4 Å². The topological polar surface area (TPSA) is 525 Å². The number of phenols is 1. The van der Waals surface area contributed by atoms with Crippen molar-refractivity contribution < 1.29 is 87.2 Å². The number of nitrogens with two attached hydrogens (primary N) is 4. The Labute approximate surface area is 707 Å². The van der Waals surface area contributed by atoms with Crippen LogP contribution in [0.5, 0.6) is 5.75 Å². The number of aliphatic carboxylic acids is 1. The number of carboxylic acids is 1. The molecule has 3 aromatic carbocycles. The Hall–Kier alpha value is -9.64. The summed E-state index contributed by atoms with van der Waals surface area (Å²) in [4.78, 5) is 227. The molecule has 7 amide bonds. The molecule has 650 valence electrons. The van der Waals surface area contributed by atoms with Crippen molar-refractivity contribution in [2.45, 2.75) is 210 Å². The first-order valence-corrected chi connectivity index (χ1v) is 44.0. The number of nitrogens with zero attached hydrogens (tertiary/aromatic N) is 3. The highest BCUT2D eigenvalue weighted by atomic mass is 32.2. The van der Waals surface area contributed by atoms with Crippen LogP contribution >= 0.6 is 35.3 Å². The number of aromatic hydroxyl groups is 1. The lowest BCUT2D eigenvalue weighted by atomic mass is 9.85.